The molecule has 0 amide bonds. The van der Waals surface area contributed by atoms with Gasteiger partial charge >= 0.3 is 0 Å². The average molecular weight is 313 g/mol. The largest absolute Gasteiger partial charge is 0.281 e. The second-order valence-corrected chi connectivity index (χ2v) is 6.04. The van der Waals surface area contributed by atoms with Crippen LogP contribution in [0.5, 0.6) is 0 Å². The van der Waals surface area contributed by atoms with Gasteiger partial charge in [-0.05, 0) is 30.3 Å². The highest BCUT2D eigenvalue weighted by molar-refractivity contribution is 7.17. The van der Waals surface area contributed by atoms with Crippen LogP contribution in [0.1, 0.15) is 0 Å². The van der Waals surface area contributed by atoms with E-state index in [2.05, 4.69) is 5.10 Å². The lowest BCUT2D eigenvalue weighted by atomic mass is 10.1. The van der Waals surface area contributed by atoms with E-state index in [1.54, 1.807) is 35.6 Å². The minimum Gasteiger partial charge on any atom is -0.267 e. The molecule has 2 heterocycles. The summed E-state index contributed by atoms with van der Waals surface area (Å²) < 4.78 is 2.55. The highest BCUT2D eigenvalue weighted by atomic mass is 35.5. The monoisotopic (exact) mass is 312 g/mol. The zero-order chi connectivity index (χ0) is 14.4. The van der Waals surface area contributed by atoms with Crippen LogP contribution in [0.15, 0.2) is 58.7 Å². The minimum absolute atomic E-state index is 0.102. The molecule has 0 fully saturated rings. The van der Waals surface area contributed by atoms with E-state index in [1.807, 2.05) is 29.6 Å². The molecule has 2 aliphatic rings. The molecule has 0 aliphatic carbocycles. The van der Waals surface area contributed by atoms with E-state index in [1.165, 1.54) is 4.68 Å². The maximum atomic E-state index is 12.5. The fourth-order valence-electron chi connectivity index (χ4n) is 2.36. The van der Waals surface area contributed by atoms with Crippen LogP contribution in [0.3, 0.4) is 0 Å². The number of fused-ring (bicyclic) bond motifs is 3. The van der Waals surface area contributed by atoms with Crippen LogP contribution >= 0.6 is 22.9 Å². The lowest BCUT2D eigenvalue weighted by Gasteiger charge is -2.00. The predicted molar refractivity (Wildman–Crippen MR) is 86.8 cm³/mol. The number of rotatable bonds is 1. The Labute approximate surface area is 129 Å². The molecule has 0 saturated carbocycles. The number of halogens is 1. The van der Waals surface area contributed by atoms with E-state index in [9.17, 15) is 4.79 Å². The molecule has 2 aliphatic heterocycles. The van der Waals surface area contributed by atoms with Crippen LogP contribution in [-0.4, -0.2) is 9.78 Å². The predicted octanol–water partition coefficient (Wildman–Crippen LogP) is 4.21. The summed E-state index contributed by atoms with van der Waals surface area (Å²) in [6, 6.07) is 15.1. The van der Waals surface area contributed by atoms with Gasteiger partial charge in [0, 0.05) is 20.5 Å². The zero-order valence-corrected chi connectivity index (χ0v) is 12.4. The lowest BCUT2D eigenvalue weighted by molar-refractivity contribution is 0.859. The number of hydrogen-bond donors (Lipinski definition) is 0. The normalized spacial score (nSPS) is 11.3. The third kappa shape index (κ3) is 1.95. The number of benzene rings is 2. The Bertz CT molecular complexity index is 972. The van der Waals surface area contributed by atoms with Gasteiger partial charge in [-0.1, -0.05) is 29.8 Å². The van der Waals surface area contributed by atoms with Crippen molar-refractivity contribution >= 4 is 33.0 Å². The van der Waals surface area contributed by atoms with E-state index >= 15 is 0 Å². The quantitative estimate of drug-likeness (QED) is 0.528. The first-order valence-electron chi connectivity index (χ1n) is 6.39. The first kappa shape index (κ1) is 12.6. The maximum Gasteiger partial charge on any atom is 0.281 e. The number of aromatic nitrogens is 2. The van der Waals surface area contributed by atoms with Gasteiger partial charge in [0.25, 0.3) is 5.56 Å². The first-order valence-corrected chi connectivity index (χ1v) is 7.65. The van der Waals surface area contributed by atoms with Gasteiger partial charge in [0.1, 0.15) is 5.69 Å². The molecule has 0 atom stereocenters. The van der Waals surface area contributed by atoms with Gasteiger partial charge in [-0.3, -0.25) is 4.79 Å². The lowest BCUT2D eigenvalue weighted by Crippen LogP contribution is -2.14. The van der Waals surface area contributed by atoms with Crippen molar-refractivity contribution in [1.82, 2.24) is 9.78 Å². The fraction of sp³-hybridized carbons (Fsp3) is 0. The summed E-state index contributed by atoms with van der Waals surface area (Å²) in [6.07, 6.45) is 0. The Morgan fingerprint density at radius 3 is 2.62 bits per heavy atom. The first-order chi connectivity index (χ1) is 10.2. The van der Waals surface area contributed by atoms with Gasteiger partial charge in [-0.25, -0.2) is 0 Å². The van der Waals surface area contributed by atoms with E-state index in [-0.39, 0.29) is 5.56 Å². The molecule has 0 radical (unpaired) electrons. The Hall–Kier alpha value is -2.17. The van der Waals surface area contributed by atoms with Crippen molar-refractivity contribution in [2.75, 3.05) is 0 Å². The molecule has 21 heavy (non-hydrogen) atoms. The van der Waals surface area contributed by atoms with E-state index < -0.39 is 0 Å². The molecule has 0 aromatic heterocycles. The van der Waals surface area contributed by atoms with Gasteiger partial charge in [0.05, 0.1) is 11.3 Å². The molecular weight excluding hydrogens is 304 g/mol. The SMILES string of the molecule is O=c1c2csc3ccccc3c-2nn1-c1ccc(Cl)cc1. The van der Waals surface area contributed by atoms with Crippen molar-refractivity contribution in [3.05, 3.63) is 69.3 Å². The highest BCUT2D eigenvalue weighted by Crippen LogP contribution is 2.30. The van der Waals surface area contributed by atoms with E-state index in [4.69, 9.17) is 11.6 Å². The molecule has 102 valence electrons. The molecule has 0 unspecified atom stereocenters. The molecule has 2 aromatic carbocycles. The zero-order valence-electron chi connectivity index (χ0n) is 10.8. The molecule has 2 aromatic rings. The summed E-state index contributed by atoms with van der Waals surface area (Å²) in [4.78, 5) is 12.5. The van der Waals surface area contributed by atoms with Crippen LogP contribution in [0, 0.1) is 0 Å². The molecule has 3 nitrogen and oxygen atoms in total. The summed E-state index contributed by atoms with van der Waals surface area (Å²) >= 11 is 7.45. The summed E-state index contributed by atoms with van der Waals surface area (Å²) in [5.41, 5.74) is 2.00. The van der Waals surface area contributed by atoms with Gasteiger partial charge in [0.15, 0.2) is 0 Å². The minimum atomic E-state index is -0.102. The van der Waals surface area contributed by atoms with Crippen LogP contribution < -0.4 is 5.56 Å². The molecule has 0 bridgehead atoms. The molecule has 0 N–H and O–H groups in total. The third-order valence-corrected chi connectivity index (χ3v) is 4.61. The second kappa shape index (κ2) is 4.69. The fourth-order valence-corrected chi connectivity index (χ4v) is 3.40. The standard InChI is InChI=1S/C16H9ClN2OS/c17-10-5-7-11(8-6-10)19-16(20)13-9-21-14-4-2-1-3-12(14)15(13)18-19/h1-9H. The van der Waals surface area contributed by atoms with Crippen molar-refractivity contribution in [2.24, 2.45) is 0 Å². The molecular formula is C16H9ClN2OS. The van der Waals surface area contributed by atoms with Crippen molar-refractivity contribution < 1.29 is 0 Å². The Balaban J connectivity index is 2.05. The van der Waals surface area contributed by atoms with Gasteiger partial charge in [-0.2, -0.15) is 9.78 Å². The van der Waals surface area contributed by atoms with Crippen LogP contribution in [-0.2, 0) is 0 Å². The van der Waals surface area contributed by atoms with Crippen molar-refractivity contribution in [3.8, 4) is 16.9 Å². The summed E-state index contributed by atoms with van der Waals surface area (Å²) in [7, 11) is 0. The van der Waals surface area contributed by atoms with Crippen molar-refractivity contribution in [3.63, 3.8) is 0 Å². The van der Waals surface area contributed by atoms with Crippen LogP contribution in [0.4, 0.5) is 0 Å². The Kier molecular flexibility index (Phi) is 2.80. The summed E-state index contributed by atoms with van der Waals surface area (Å²) in [5, 5.41) is 8.02. The molecule has 5 heteroatoms. The van der Waals surface area contributed by atoms with Gasteiger partial charge < -0.3 is 0 Å². The Morgan fingerprint density at radius 2 is 1.81 bits per heavy atom. The average Bonchev–Trinajstić information content (AvgIpc) is 2.86. The summed E-state index contributed by atoms with van der Waals surface area (Å²) in [6.45, 7) is 0. The second-order valence-electron chi connectivity index (χ2n) is 4.69. The Morgan fingerprint density at radius 1 is 1.05 bits per heavy atom. The van der Waals surface area contributed by atoms with E-state index in [0.29, 0.717) is 10.6 Å². The van der Waals surface area contributed by atoms with Crippen molar-refractivity contribution in [2.45, 2.75) is 0 Å². The third-order valence-electron chi connectivity index (χ3n) is 3.40. The molecule has 0 saturated heterocycles. The molecule has 0 spiro atoms. The number of nitrogens with zero attached hydrogens (tertiary/aromatic N) is 2. The number of hydrogen-bond acceptors (Lipinski definition) is 3. The van der Waals surface area contributed by atoms with Gasteiger partial charge in [-0.15, -0.1) is 11.3 Å². The summed E-state index contributed by atoms with van der Waals surface area (Å²) in [5.74, 6) is 0. The van der Waals surface area contributed by atoms with Crippen LogP contribution in [0.25, 0.3) is 27.0 Å². The highest BCUT2D eigenvalue weighted by Gasteiger charge is 2.18. The van der Waals surface area contributed by atoms with E-state index in [0.717, 1.165) is 21.5 Å². The van der Waals surface area contributed by atoms with Gasteiger partial charge in [0.2, 0.25) is 0 Å². The van der Waals surface area contributed by atoms with Crippen molar-refractivity contribution in [1.29, 1.82) is 0 Å². The smallest absolute Gasteiger partial charge is 0.267 e. The van der Waals surface area contributed by atoms with Crippen LogP contribution in [0.2, 0.25) is 5.02 Å². The molecule has 4 rings (SSSR count). The topological polar surface area (TPSA) is 34.9 Å². The maximum absolute atomic E-state index is 12.5.